The lowest BCUT2D eigenvalue weighted by molar-refractivity contribution is 0.249. The molecule has 1 aliphatic rings. The Morgan fingerprint density at radius 3 is 2.92 bits per heavy atom. The molecule has 3 aromatic rings. The minimum Gasteiger partial charge on any atom is -0.299 e. The Kier molecular flexibility index (Phi) is 4.83. The summed E-state index contributed by atoms with van der Waals surface area (Å²) < 4.78 is 1.30. The molecule has 0 fully saturated rings. The molecule has 0 unspecified atom stereocenters. The molecule has 2 heterocycles. The first kappa shape index (κ1) is 16.1. The van der Waals surface area contributed by atoms with E-state index in [9.17, 15) is 0 Å². The van der Waals surface area contributed by atoms with Crippen molar-refractivity contribution in [2.45, 2.75) is 32.2 Å². The van der Waals surface area contributed by atoms with E-state index in [0.717, 1.165) is 43.0 Å². The molecule has 4 heteroatoms. The Morgan fingerprint density at radius 2 is 2.00 bits per heavy atom. The van der Waals surface area contributed by atoms with Crippen LogP contribution < -0.4 is 0 Å². The highest BCUT2D eigenvalue weighted by Crippen LogP contribution is 2.26. The SMILES string of the molecule is Clc1cccc2c1CCN(CCCCc1nc3ccccc3s1)C2. The number of benzene rings is 2. The van der Waals surface area contributed by atoms with Crippen molar-refractivity contribution in [1.29, 1.82) is 0 Å². The van der Waals surface area contributed by atoms with Crippen LogP contribution >= 0.6 is 22.9 Å². The summed E-state index contributed by atoms with van der Waals surface area (Å²) in [4.78, 5) is 7.28. The van der Waals surface area contributed by atoms with E-state index < -0.39 is 0 Å². The van der Waals surface area contributed by atoms with Crippen molar-refractivity contribution in [2.75, 3.05) is 13.1 Å². The lowest BCUT2D eigenvalue weighted by Gasteiger charge is -2.29. The second kappa shape index (κ2) is 7.22. The highest BCUT2D eigenvalue weighted by Gasteiger charge is 2.17. The second-order valence-corrected chi connectivity index (χ2v) is 7.96. The zero-order valence-corrected chi connectivity index (χ0v) is 15.2. The van der Waals surface area contributed by atoms with Gasteiger partial charge in [0.25, 0.3) is 0 Å². The molecule has 2 aromatic carbocycles. The average Bonchev–Trinajstić information content (AvgIpc) is 3.02. The minimum atomic E-state index is 0.933. The van der Waals surface area contributed by atoms with Gasteiger partial charge >= 0.3 is 0 Å². The summed E-state index contributed by atoms with van der Waals surface area (Å²) >= 11 is 8.13. The molecule has 0 N–H and O–H groups in total. The van der Waals surface area contributed by atoms with Gasteiger partial charge in [-0.1, -0.05) is 35.9 Å². The van der Waals surface area contributed by atoms with E-state index in [1.807, 2.05) is 17.4 Å². The van der Waals surface area contributed by atoms with Crippen LogP contribution in [0.3, 0.4) is 0 Å². The van der Waals surface area contributed by atoms with Crippen LogP contribution in [0.5, 0.6) is 0 Å². The molecule has 4 rings (SSSR count). The van der Waals surface area contributed by atoms with E-state index >= 15 is 0 Å². The fraction of sp³-hybridized carbons (Fsp3) is 0.350. The number of thiazole rings is 1. The summed E-state index contributed by atoms with van der Waals surface area (Å²) in [6.07, 6.45) is 4.60. The molecular formula is C20H21ClN2S. The van der Waals surface area contributed by atoms with Crippen molar-refractivity contribution in [2.24, 2.45) is 0 Å². The number of hydrogen-bond donors (Lipinski definition) is 0. The maximum atomic E-state index is 6.29. The number of aryl methyl sites for hydroxylation is 1. The van der Waals surface area contributed by atoms with Gasteiger partial charge in [-0.15, -0.1) is 11.3 Å². The smallest absolute Gasteiger partial charge is 0.0938 e. The fourth-order valence-corrected chi connectivity index (χ4v) is 4.75. The summed E-state index contributed by atoms with van der Waals surface area (Å²) in [5.41, 5.74) is 3.90. The number of nitrogens with zero attached hydrogens (tertiary/aromatic N) is 2. The van der Waals surface area contributed by atoms with E-state index in [0.29, 0.717) is 0 Å². The van der Waals surface area contributed by atoms with Crippen molar-refractivity contribution >= 4 is 33.2 Å². The van der Waals surface area contributed by atoms with E-state index in [2.05, 4.69) is 41.3 Å². The number of para-hydroxylation sites is 1. The average molecular weight is 357 g/mol. The zero-order chi connectivity index (χ0) is 16.4. The van der Waals surface area contributed by atoms with Crippen LogP contribution in [0, 0.1) is 0 Å². The maximum Gasteiger partial charge on any atom is 0.0938 e. The molecule has 1 aromatic heterocycles. The van der Waals surface area contributed by atoms with Gasteiger partial charge in [0.1, 0.15) is 0 Å². The third kappa shape index (κ3) is 3.49. The van der Waals surface area contributed by atoms with Gasteiger partial charge in [0, 0.05) is 18.1 Å². The molecule has 124 valence electrons. The summed E-state index contributed by atoms with van der Waals surface area (Å²) in [5.74, 6) is 0. The molecular weight excluding hydrogens is 336 g/mol. The predicted octanol–water partition coefficient (Wildman–Crippen LogP) is 5.33. The molecule has 0 amide bonds. The zero-order valence-electron chi connectivity index (χ0n) is 13.7. The molecule has 2 nitrogen and oxygen atoms in total. The monoisotopic (exact) mass is 356 g/mol. The quantitative estimate of drug-likeness (QED) is 0.574. The highest BCUT2D eigenvalue weighted by atomic mass is 35.5. The molecule has 1 aliphatic heterocycles. The van der Waals surface area contributed by atoms with Crippen LogP contribution in [-0.2, 0) is 19.4 Å². The first-order chi connectivity index (χ1) is 11.8. The molecule has 0 radical (unpaired) electrons. The van der Waals surface area contributed by atoms with Crippen LogP contribution in [0.15, 0.2) is 42.5 Å². The summed E-state index contributed by atoms with van der Waals surface area (Å²) in [5, 5.41) is 2.20. The van der Waals surface area contributed by atoms with Gasteiger partial charge in [-0.3, -0.25) is 4.90 Å². The maximum absolute atomic E-state index is 6.29. The Morgan fingerprint density at radius 1 is 1.08 bits per heavy atom. The molecule has 0 aliphatic carbocycles. The van der Waals surface area contributed by atoms with Gasteiger partial charge in [0.05, 0.1) is 15.2 Å². The second-order valence-electron chi connectivity index (χ2n) is 6.44. The Bertz CT molecular complexity index is 810. The van der Waals surface area contributed by atoms with Gasteiger partial charge in [0.15, 0.2) is 0 Å². The Balaban J connectivity index is 1.27. The van der Waals surface area contributed by atoms with E-state index in [1.165, 1.54) is 33.7 Å². The molecule has 0 spiro atoms. The van der Waals surface area contributed by atoms with Crippen molar-refractivity contribution in [3.05, 3.63) is 63.6 Å². The van der Waals surface area contributed by atoms with E-state index in [4.69, 9.17) is 16.6 Å². The van der Waals surface area contributed by atoms with Crippen LogP contribution in [-0.4, -0.2) is 23.0 Å². The summed E-state index contributed by atoms with van der Waals surface area (Å²) in [7, 11) is 0. The third-order valence-corrected chi connectivity index (χ3v) is 6.19. The van der Waals surface area contributed by atoms with Crippen LogP contribution in [0.25, 0.3) is 10.2 Å². The van der Waals surface area contributed by atoms with Crippen LogP contribution in [0.2, 0.25) is 5.02 Å². The van der Waals surface area contributed by atoms with Gasteiger partial charge in [-0.2, -0.15) is 0 Å². The van der Waals surface area contributed by atoms with Gasteiger partial charge in [-0.05, 0) is 61.6 Å². The molecule has 0 saturated carbocycles. The standard InChI is InChI=1S/C20H21ClN2S/c21-17-7-5-6-15-14-23(13-11-16(15)17)12-4-3-10-20-22-18-8-1-2-9-19(18)24-20/h1-2,5-9H,3-4,10-14H2. The first-order valence-corrected chi connectivity index (χ1v) is 9.82. The number of aromatic nitrogens is 1. The van der Waals surface area contributed by atoms with Crippen molar-refractivity contribution in [3.8, 4) is 0 Å². The fourth-order valence-electron chi connectivity index (χ4n) is 3.45. The van der Waals surface area contributed by atoms with Crippen molar-refractivity contribution in [3.63, 3.8) is 0 Å². The van der Waals surface area contributed by atoms with Crippen LogP contribution in [0.4, 0.5) is 0 Å². The van der Waals surface area contributed by atoms with Crippen LogP contribution in [0.1, 0.15) is 29.0 Å². The minimum absolute atomic E-state index is 0.933. The number of unbranched alkanes of at least 4 members (excludes halogenated alkanes) is 1. The van der Waals surface area contributed by atoms with Crippen molar-refractivity contribution in [1.82, 2.24) is 9.88 Å². The van der Waals surface area contributed by atoms with E-state index in [-0.39, 0.29) is 0 Å². The molecule has 24 heavy (non-hydrogen) atoms. The number of halogens is 1. The Hall–Kier alpha value is -1.42. The number of rotatable bonds is 5. The number of fused-ring (bicyclic) bond motifs is 2. The normalized spacial score (nSPS) is 14.9. The lowest BCUT2D eigenvalue weighted by atomic mass is 9.99. The molecule has 0 atom stereocenters. The van der Waals surface area contributed by atoms with Gasteiger partial charge in [-0.25, -0.2) is 4.98 Å². The Labute approximate surface area is 152 Å². The van der Waals surface area contributed by atoms with E-state index in [1.54, 1.807) is 0 Å². The summed E-state index contributed by atoms with van der Waals surface area (Å²) in [6, 6.07) is 14.7. The topological polar surface area (TPSA) is 16.1 Å². The largest absolute Gasteiger partial charge is 0.299 e. The lowest BCUT2D eigenvalue weighted by Crippen LogP contribution is -2.31. The molecule has 0 bridgehead atoms. The summed E-state index contributed by atoms with van der Waals surface area (Å²) in [6.45, 7) is 3.33. The number of hydrogen-bond acceptors (Lipinski definition) is 3. The predicted molar refractivity (Wildman–Crippen MR) is 103 cm³/mol. The third-order valence-electron chi connectivity index (χ3n) is 4.74. The highest BCUT2D eigenvalue weighted by molar-refractivity contribution is 7.18. The van der Waals surface area contributed by atoms with Gasteiger partial charge < -0.3 is 0 Å². The van der Waals surface area contributed by atoms with Crippen molar-refractivity contribution < 1.29 is 0 Å². The first-order valence-electron chi connectivity index (χ1n) is 8.63. The molecule has 0 saturated heterocycles. The van der Waals surface area contributed by atoms with Gasteiger partial charge in [0.2, 0.25) is 0 Å².